The average molecular weight is 244 g/mol. The summed E-state index contributed by atoms with van der Waals surface area (Å²) >= 11 is 0. The molecule has 0 aromatic rings. The molecule has 0 spiro atoms. The number of carboxylic acid groups (broad SMARTS) is 1. The number of carboxylic acids is 1. The first-order chi connectivity index (χ1) is 7.91. The second kappa shape index (κ2) is 5.86. The summed E-state index contributed by atoms with van der Waals surface area (Å²) in [4.78, 5) is 24.3. The molecule has 0 aromatic carbocycles. The Labute approximate surface area is 101 Å². The van der Waals surface area contributed by atoms with Crippen molar-refractivity contribution in [3.63, 3.8) is 0 Å². The molecule has 0 aliphatic carbocycles. The lowest BCUT2D eigenvalue weighted by molar-refractivity contribution is -0.140. The van der Waals surface area contributed by atoms with Crippen LogP contribution in [-0.2, 0) is 4.79 Å². The van der Waals surface area contributed by atoms with E-state index >= 15 is 0 Å². The molecule has 0 bridgehead atoms. The molecule has 0 saturated carbocycles. The quantitative estimate of drug-likeness (QED) is 0.664. The first kappa shape index (κ1) is 13.8. The van der Waals surface area contributed by atoms with Crippen LogP contribution in [0.25, 0.3) is 0 Å². The third kappa shape index (κ3) is 3.89. The molecule has 1 rings (SSSR count). The summed E-state index contributed by atoms with van der Waals surface area (Å²) in [6.07, 6.45) is 0.749. The van der Waals surface area contributed by atoms with E-state index in [-0.39, 0.29) is 18.1 Å². The molecule has 2 amide bonds. The van der Waals surface area contributed by atoms with E-state index in [2.05, 4.69) is 5.32 Å². The highest BCUT2D eigenvalue weighted by atomic mass is 16.4. The van der Waals surface area contributed by atoms with Gasteiger partial charge in [-0.3, -0.25) is 0 Å². The van der Waals surface area contributed by atoms with E-state index in [0.29, 0.717) is 25.9 Å². The minimum atomic E-state index is -1.02. The van der Waals surface area contributed by atoms with E-state index in [0.717, 1.165) is 0 Å². The summed E-state index contributed by atoms with van der Waals surface area (Å²) in [5, 5.41) is 20.8. The zero-order valence-electron chi connectivity index (χ0n) is 10.2. The zero-order valence-corrected chi connectivity index (χ0v) is 10.2. The number of hydrogen-bond donors (Lipinski definition) is 3. The smallest absolute Gasteiger partial charge is 0.326 e. The molecule has 1 aliphatic heterocycles. The van der Waals surface area contributed by atoms with Crippen LogP contribution in [0.5, 0.6) is 0 Å². The van der Waals surface area contributed by atoms with Gasteiger partial charge >= 0.3 is 12.0 Å². The van der Waals surface area contributed by atoms with Crippen LogP contribution in [0, 0.1) is 5.92 Å². The summed E-state index contributed by atoms with van der Waals surface area (Å²) in [5.74, 6) is -1.18. The van der Waals surface area contributed by atoms with Crippen LogP contribution in [0.4, 0.5) is 4.79 Å². The van der Waals surface area contributed by atoms with E-state index in [1.54, 1.807) is 18.7 Å². The fourth-order valence-electron chi connectivity index (χ4n) is 1.81. The second-order valence-corrected chi connectivity index (χ2v) is 4.73. The Balaban J connectivity index is 2.50. The van der Waals surface area contributed by atoms with E-state index < -0.39 is 12.0 Å². The van der Waals surface area contributed by atoms with Gasteiger partial charge in [0.2, 0.25) is 0 Å². The number of aliphatic hydroxyl groups is 1. The molecular weight excluding hydrogens is 224 g/mol. The third-order valence-corrected chi connectivity index (χ3v) is 2.96. The van der Waals surface area contributed by atoms with Gasteiger partial charge in [0.1, 0.15) is 6.04 Å². The van der Waals surface area contributed by atoms with Crippen LogP contribution in [0.2, 0.25) is 0 Å². The number of carbonyl (C=O) groups is 2. The molecule has 98 valence electrons. The van der Waals surface area contributed by atoms with Crippen LogP contribution in [0.3, 0.4) is 0 Å². The molecule has 1 aliphatic rings. The Morgan fingerprint density at radius 1 is 1.29 bits per heavy atom. The van der Waals surface area contributed by atoms with Crippen molar-refractivity contribution in [2.24, 2.45) is 5.92 Å². The van der Waals surface area contributed by atoms with Gasteiger partial charge in [0, 0.05) is 13.1 Å². The molecular formula is C11H20N2O4. The maximum atomic E-state index is 11.8. The summed E-state index contributed by atoms with van der Waals surface area (Å²) in [7, 11) is 0. The number of likely N-dealkylation sites (tertiary alicyclic amines) is 1. The lowest BCUT2D eigenvalue weighted by Gasteiger charge is -2.31. The second-order valence-electron chi connectivity index (χ2n) is 4.73. The van der Waals surface area contributed by atoms with Crippen molar-refractivity contribution in [1.82, 2.24) is 10.2 Å². The van der Waals surface area contributed by atoms with Crippen LogP contribution in [0.15, 0.2) is 0 Å². The highest BCUT2D eigenvalue weighted by Gasteiger charge is 2.27. The SMILES string of the molecule is CC(C)[C@@H](NC(=O)N1CCC(O)CC1)C(=O)O. The van der Waals surface area contributed by atoms with Crippen molar-refractivity contribution in [3.05, 3.63) is 0 Å². The standard InChI is InChI=1S/C11H20N2O4/c1-7(2)9(10(15)16)12-11(17)13-5-3-8(14)4-6-13/h7-9,14H,3-6H2,1-2H3,(H,12,17)(H,15,16)/t9-/m1/s1. The first-order valence-electron chi connectivity index (χ1n) is 5.88. The molecule has 3 N–H and O–H groups in total. The number of hydrogen-bond acceptors (Lipinski definition) is 3. The van der Waals surface area contributed by atoms with Gasteiger partial charge in [-0.05, 0) is 18.8 Å². The van der Waals surface area contributed by atoms with E-state index in [1.165, 1.54) is 0 Å². The Morgan fingerprint density at radius 3 is 2.24 bits per heavy atom. The third-order valence-electron chi connectivity index (χ3n) is 2.96. The fraction of sp³-hybridized carbons (Fsp3) is 0.818. The highest BCUT2D eigenvalue weighted by Crippen LogP contribution is 2.11. The molecule has 1 saturated heterocycles. The Bertz CT molecular complexity index is 285. The van der Waals surface area contributed by atoms with Gasteiger partial charge in [0.05, 0.1) is 6.10 Å². The molecule has 6 heteroatoms. The first-order valence-corrected chi connectivity index (χ1v) is 5.88. The molecule has 1 atom stereocenters. The number of urea groups is 1. The predicted octanol–water partition coefficient (Wildman–Crippen LogP) is 0.262. The van der Waals surface area contributed by atoms with E-state index in [1.807, 2.05) is 0 Å². The van der Waals surface area contributed by atoms with Crippen LogP contribution < -0.4 is 5.32 Å². The summed E-state index contributed by atoms with van der Waals surface area (Å²) in [6, 6.07) is -1.23. The zero-order chi connectivity index (χ0) is 13.0. The number of piperidine rings is 1. The molecule has 0 radical (unpaired) electrons. The van der Waals surface area contributed by atoms with Crippen LogP contribution in [0.1, 0.15) is 26.7 Å². The maximum Gasteiger partial charge on any atom is 0.326 e. The molecule has 17 heavy (non-hydrogen) atoms. The molecule has 1 heterocycles. The van der Waals surface area contributed by atoms with Crippen molar-refractivity contribution in [2.45, 2.75) is 38.8 Å². The fourth-order valence-corrected chi connectivity index (χ4v) is 1.81. The topological polar surface area (TPSA) is 89.9 Å². The number of aliphatic carboxylic acids is 1. The molecule has 0 unspecified atom stereocenters. The average Bonchev–Trinajstić information content (AvgIpc) is 2.25. The number of nitrogens with zero attached hydrogens (tertiary/aromatic N) is 1. The van der Waals surface area contributed by atoms with Gasteiger partial charge in [-0.2, -0.15) is 0 Å². The van der Waals surface area contributed by atoms with Gasteiger partial charge in [0.15, 0.2) is 0 Å². The normalized spacial score (nSPS) is 19.2. The van der Waals surface area contributed by atoms with Crippen molar-refractivity contribution < 1.29 is 19.8 Å². The summed E-state index contributed by atoms with van der Waals surface area (Å²) < 4.78 is 0. The lowest BCUT2D eigenvalue weighted by atomic mass is 10.0. The minimum Gasteiger partial charge on any atom is -0.480 e. The largest absolute Gasteiger partial charge is 0.480 e. The Hall–Kier alpha value is -1.30. The lowest BCUT2D eigenvalue weighted by Crippen LogP contribution is -2.52. The predicted molar refractivity (Wildman–Crippen MR) is 61.6 cm³/mol. The molecule has 0 aromatic heterocycles. The Morgan fingerprint density at radius 2 is 1.82 bits per heavy atom. The molecule has 6 nitrogen and oxygen atoms in total. The van der Waals surface area contributed by atoms with Gasteiger partial charge in [0.25, 0.3) is 0 Å². The van der Waals surface area contributed by atoms with Gasteiger partial charge in [-0.1, -0.05) is 13.8 Å². The van der Waals surface area contributed by atoms with Crippen molar-refractivity contribution in [1.29, 1.82) is 0 Å². The van der Waals surface area contributed by atoms with Gasteiger partial charge < -0.3 is 20.4 Å². The van der Waals surface area contributed by atoms with Gasteiger partial charge in [-0.25, -0.2) is 9.59 Å². The minimum absolute atomic E-state index is 0.160. The molecule has 1 fully saturated rings. The van der Waals surface area contributed by atoms with Crippen LogP contribution in [-0.4, -0.2) is 52.3 Å². The number of amides is 2. The Kier molecular flexibility index (Phi) is 4.74. The van der Waals surface area contributed by atoms with Crippen LogP contribution >= 0.6 is 0 Å². The van der Waals surface area contributed by atoms with Crippen molar-refractivity contribution >= 4 is 12.0 Å². The summed E-state index contributed by atoms with van der Waals surface area (Å²) in [6.45, 7) is 4.44. The number of carbonyl (C=O) groups excluding carboxylic acids is 1. The van der Waals surface area contributed by atoms with E-state index in [4.69, 9.17) is 5.11 Å². The monoisotopic (exact) mass is 244 g/mol. The van der Waals surface area contributed by atoms with Crippen molar-refractivity contribution in [3.8, 4) is 0 Å². The maximum absolute atomic E-state index is 11.8. The van der Waals surface area contributed by atoms with Gasteiger partial charge in [-0.15, -0.1) is 0 Å². The van der Waals surface area contributed by atoms with E-state index in [9.17, 15) is 14.7 Å². The van der Waals surface area contributed by atoms with Crippen molar-refractivity contribution in [2.75, 3.05) is 13.1 Å². The number of aliphatic hydroxyl groups excluding tert-OH is 1. The highest BCUT2D eigenvalue weighted by molar-refractivity contribution is 5.82. The summed E-state index contributed by atoms with van der Waals surface area (Å²) in [5.41, 5.74) is 0. The number of rotatable bonds is 3. The number of nitrogens with one attached hydrogen (secondary N) is 1.